The molecule has 4 heteroatoms. The van der Waals surface area contributed by atoms with Gasteiger partial charge in [-0.05, 0) is 30.7 Å². The quantitative estimate of drug-likeness (QED) is 0.913. The summed E-state index contributed by atoms with van der Waals surface area (Å²) >= 11 is 0. The van der Waals surface area contributed by atoms with Gasteiger partial charge in [-0.2, -0.15) is 5.26 Å². The summed E-state index contributed by atoms with van der Waals surface area (Å²) in [7, 11) is 0. The maximum Gasteiger partial charge on any atom is 0.129 e. The average molecular weight is 255 g/mol. The molecule has 0 unspecified atom stereocenters. The number of aryl methyl sites for hydroxylation is 1. The van der Waals surface area contributed by atoms with Crippen molar-refractivity contribution in [1.29, 1.82) is 5.26 Å². The molecule has 0 amide bonds. The van der Waals surface area contributed by atoms with Crippen LogP contribution in [0.5, 0.6) is 0 Å². The Bertz CT molecular complexity index is 600. The maximum atomic E-state index is 13.6. The Labute approximate surface area is 111 Å². The average Bonchev–Trinajstić information content (AvgIpc) is 2.42. The predicted molar refractivity (Wildman–Crippen MR) is 70.6 cm³/mol. The SMILES string of the molecule is Cc1ccc(CNCc2ccc(C#N)cc2F)cn1. The van der Waals surface area contributed by atoms with Gasteiger partial charge in [-0.3, -0.25) is 4.98 Å². The van der Waals surface area contributed by atoms with Crippen LogP contribution in [0.15, 0.2) is 36.5 Å². The van der Waals surface area contributed by atoms with E-state index in [9.17, 15) is 4.39 Å². The summed E-state index contributed by atoms with van der Waals surface area (Å²) in [6.07, 6.45) is 1.80. The zero-order chi connectivity index (χ0) is 13.7. The lowest BCUT2D eigenvalue weighted by Crippen LogP contribution is -2.14. The number of hydrogen-bond acceptors (Lipinski definition) is 3. The van der Waals surface area contributed by atoms with Crippen molar-refractivity contribution in [3.63, 3.8) is 0 Å². The van der Waals surface area contributed by atoms with Gasteiger partial charge in [-0.15, -0.1) is 0 Å². The Morgan fingerprint density at radius 2 is 2.11 bits per heavy atom. The molecule has 1 heterocycles. The fraction of sp³-hybridized carbons (Fsp3) is 0.200. The number of halogens is 1. The normalized spacial score (nSPS) is 10.2. The van der Waals surface area contributed by atoms with Crippen LogP contribution in [0.25, 0.3) is 0 Å². The monoisotopic (exact) mass is 255 g/mol. The Kier molecular flexibility index (Phi) is 4.22. The van der Waals surface area contributed by atoms with Crippen LogP contribution in [0.4, 0.5) is 4.39 Å². The number of nitrogens with one attached hydrogen (secondary N) is 1. The number of rotatable bonds is 4. The zero-order valence-corrected chi connectivity index (χ0v) is 10.7. The molecule has 0 aliphatic heterocycles. The topological polar surface area (TPSA) is 48.7 Å². The van der Waals surface area contributed by atoms with Gasteiger partial charge in [0, 0.05) is 30.5 Å². The van der Waals surface area contributed by atoms with Crippen LogP contribution < -0.4 is 5.32 Å². The van der Waals surface area contributed by atoms with Gasteiger partial charge in [0.1, 0.15) is 5.82 Å². The molecular formula is C15H14FN3. The Balaban J connectivity index is 1.92. The highest BCUT2D eigenvalue weighted by Crippen LogP contribution is 2.10. The molecule has 0 saturated carbocycles. The maximum absolute atomic E-state index is 13.6. The summed E-state index contributed by atoms with van der Waals surface area (Å²) in [4.78, 5) is 4.19. The molecular weight excluding hydrogens is 241 g/mol. The minimum atomic E-state index is -0.353. The number of nitriles is 1. The molecule has 0 saturated heterocycles. The van der Waals surface area contributed by atoms with E-state index in [-0.39, 0.29) is 5.82 Å². The molecule has 1 N–H and O–H groups in total. The number of pyridine rings is 1. The van der Waals surface area contributed by atoms with E-state index in [2.05, 4.69) is 10.3 Å². The fourth-order valence-corrected chi connectivity index (χ4v) is 1.70. The first-order chi connectivity index (χ1) is 9.19. The highest BCUT2D eigenvalue weighted by atomic mass is 19.1. The minimum absolute atomic E-state index is 0.337. The third-order valence-electron chi connectivity index (χ3n) is 2.80. The lowest BCUT2D eigenvalue weighted by atomic mass is 10.1. The predicted octanol–water partition coefficient (Wildman–Crippen LogP) is 2.69. The minimum Gasteiger partial charge on any atom is -0.308 e. The van der Waals surface area contributed by atoms with Crippen LogP contribution in [0.3, 0.4) is 0 Å². The largest absolute Gasteiger partial charge is 0.308 e. The highest BCUT2D eigenvalue weighted by molar-refractivity contribution is 5.32. The smallest absolute Gasteiger partial charge is 0.129 e. The van der Waals surface area contributed by atoms with Gasteiger partial charge >= 0.3 is 0 Å². The van der Waals surface area contributed by atoms with E-state index >= 15 is 0 Å². The van der Waals surface area contributed by atoms with Crippen molar-refractivity contribution >= 4 is 0 Å². The molecule has 3 nitrogen and oxygen atoms in total. The zero-order valence-electron chi connectivity index (χ0n) is 10.7. The Morgan fingerprint density at radius 3 is 2.74 bits per heavy atom. The molecule has 0 spiro atoms. The molecule has 1 aromatic heterocycles. The third-order valence-corrected chi connectivity index (χ3v) is 2.80. The van der Waals surface area contributed by atoms with Crippen molar-refractivity contribution in [3.8, 4) is 6.07 Å². The van der Waals surface area contributed by atoms with E-state index in [1.165, 1.54) is 6.07 Å². The van der Waals surface area contributed by atoms with Crippen molar-refractivity contribution in [1.82, 2.24) is 10.3 Å². The second kappa shape index (κ2) is 6.07. The van der Waals surface area contributed by atoms with E-state index in [4.69, 9.17) is 5.26 Å². The van der Waals surface area contributed by atoms with Gasteiger partial charge in [0.25, 0.3) is 0 Å². The van der Waals surface area contributed by atoms with Gasteiger partial charge < -0.3 is 5.32 Å². The molecule has 0 aliphatic carbocycles. The number of nitrogens with zero attached hydrogens (tertiary/aromatic N) is 2. The van der Waals surface area contributed by atoms with Crippen LogP contribution >= 0.6 is 0 Å². The summed E-state index contributed by atoms with van der Waals surface area (Å²) in [6, 6.07) is 10.4. The lowest BCUT2D eigenvalue weighted by Gasteiger charge is -2.06. The molecule has 19 heavy (non-hydrogen) atoms. The van der Waals surface area contributed by atoms with Crippen LogP contribution in [0.1, 0.15) is 22.4 Å². The molecule has 96 valence electrons. The highest BCUT2D eigenvalue weighted by Gasteiger charge is 2.03. The first-order valence-electron chi connectivity index (χ1n) is 6.00. The first kappa shape index (κ1) is 13.2. The van der Waals surface area contributed by atoms with Crippen LogP contribution in [0.2, 0.25) is 0 Å². The van der Waals surface area contributed by atoms with Crippen molar-refractivity contribution in [2.45, 2.75) is 20.0 Å². The van der Waals surface area contributed by atoms with Crippen molar-refractivity contribution in [2.75, 3.05) is 0 Å². The number of aromatic nitrogens is 1. The van der Waals surface area contributed by atoms with E-state index in [1.54, 1.807) is 18.3 Å². The summed E-state index contributed by atoms with van der Waals surface area (Å²) in [5.41, 5.74) is 2.92. The lowest BCUT2D eigenvalue weighted by molar-refractivity contribution is 0.587. The third kappa shape index (κ3) is 3.60. The molecule has 0 atom stereocenters. The van der Waals surface area contributed by atoms with Gasteiger partial charge in [0.2, 0.25) is 0 Å². The molecule has 0 radical (unpaired) electrons. The Morgan fingerprint density at radius 1 is 1.26 bits per heavy atom. The number of benzene rings is 1. The van der Waals surface area contributed by atoms with Crippen LogP contribution in [0, 0.1) is 24.1 Å². The van der Waals surface area contributed by atoms with Gasteiger partial charge in [0.15, 0.2) is 0 Å². The first-order valence-corrected chi connectivity index (χ1v) is 6.00. The number of hydrogen-bond donors (Lipinski definition) is 1. The van der Waals surface area contributed by atoms with Crippen molar-refractivity contribution in [2.24, 2.45) is 0 Å². The molecule has 2 aromatic rings. The standard InChI is InChI=1S/C15H14FN3/c1-11-2-3-13(9-19-11)8-18-10-14-5-4-12(7-17)6-15(14)16/h2-6,9,18H,8,10H2,1H3. The molecule has 0 fully saturated rings. The van der Waals surface area contributed by atoms with Gasteiger partial charge in [-0.1, -0.05) is 12.1 Å². The van der Waals surface area contributed by atoms with Gasteiger partial charge in [-0.25, -0.2) is 4.39 Å². The van der Waals surface area contributed by atoms with E-state index in [1.807, 2.05) is 25.1 Å². The van der Waals surface area contributed by atoms with Crippen molar-refractivity contribution in [3.05, 3.63) is 64.7 Å². The van der Waals surface area contributed by atoms with Crippen LogP contribution in [-0.2, 0) is 13.1 Å². The van der Waals surface area contributed by atoms with Crippen molar-refractivity contribution < 1.29 is 4.39 Å². The van der Waals surface area contributed by atoms with E-state index in [0.717, 1.165) is 11.3 Å². The second-order valence-electron chi connectivity index (χ2n) is 4.33. The van der Waals surface area contributed by atoms with Gasteiger partial charge in [0.05, 0.1) is 11.6 Å². The molecule has 2 rings (SSSR count). The summed E-state index contributed by atoms with van der Waals surface area (Å²) in [5, 5.41) is 11.8. The summed E-state index contributed by atoms with van der Waals surface area (Å²) in [5.74, 6) is -0.353. The molecule has 1 aromatic carbocycles. The molecule has 0 aliphatic rings. The summed E-state index contributed by atoms with van der Waals surface area (Å²) < 4.78 is 13.6. The summed E-state index contributed by atoms with van der Waals surface area (Å²) in [6.45, 7) is 2.99. The fourth-order valence-electron chi connectivity index (χ4n) is 1.70. The molecule has 0 bridgehead atoms. The Hall–Kier alpha value is -2.25. The van der Waals surface area contributed by atoms with E-state index in [0.29, 0.717) is 24.2 Å². The van der Waals surface area contributed by atoms with E-state index < -0.39 is 0 Å². The second-order valence-corrected chi connectivity index (χ2v) is 4.33. The van der Waals surface area contributed by atoms with Crippen LogP contribution in [-0.4, -0.2) is 4.98 Å².